The largest absolute Gasteiger partial charge is 0.508 e. The van der Waals surface area contributed by atoms with Crippen molar-refractivity contribution in [3.8, 4) is 5.75 Å². The highest BCUT2D eigenvalue weighted by Crippen LogP contribution is 2.26. The predicted octanol–water partition coefficient (Wildman–Crippen LogP) is -0.712. The third-order valence-corrected chi connectivity index (χ3v) is 6.36. The summed E-state index contributed by atoms with van der Waals surface area (Å²) in [5.74, 6) is -4.28. The number of nitrogens with two attached hydrogens (primary N) is 1. The number of nitrogens with one attached hydrogen (secondary N) is 1. The van der Waals surface area contributed by atoms with Crippen molar-refractivity contribution < 1.29 is 39.3 Å². The van der Waals surface area contributed by atoms with E-state index in [0.29, 0.717) is 32.2 Å². The number of benzene rings is 1. The molecule has 190 valence electrons. The molecule has 1 aromatic rings. The van der Waals surface area contributed by atoms with Crippen LogP contribution in [0.2, 0.25) is 0 Å². The quantitative estimate of drug-likeness (QED) is 0.297. The second kappa shape index (κ2) is 11.2. The molecule has 0 spiro atoms. The minimum atomic E-state index is -1.61. The highest BCUT2D eigenvalue weighted by atomic mass is 16.4. The Morgan fingerprint density at radius 2 is 1.57 bits per heavy atom. The van der Waals surface area contributed by atoms with E-state index in [1.54, 1.807) is 12.1 Å². The molecule has 0 bridgehead atoms. The lowest BCUT2D eigenvalue weighted by molar-refractivity contribution is -0.149. The fourth-order valence-corrected chi connectivity index (χ4v) is 4.61. The van der Waals surface area contributed by atoms with Gasteiger partial charge in [0.25, 0.3) is 0 Å². The van der Waals surface area contributed by atoms with Gasteiger partial charge in [0.2, 0.25) is 17.7 Å². The first-order valence-electron chi connectivity index (χ1n) is 11.5. The number of rotatable bonds is 9. The molecule has 12 nitrogen and oxygen atoms in total. The van der Waals surface area contributed by atoms with Gasteiger partial charge in [0.1, 0.15) is 23.9 Å². The standard InChI is InChI=1S/C23H30N4O8/c24-15(11-13-5-7-14(28)8-6-13)21(32)27-10-2-4-18(27)22(33)26-9-1-3-17(26)20(31)25-16(23(34)35)12-19(29)30/h5-8,15-18,28H,1-4,9-12,24H2,(H,25,31)(H,29,30)(H,34,35). The van der Waals surface area contributed by atoms with Gasteiger partial charge in [0.15, 0.2) is 0 Å². The van der Waals surface area contributed by atoms with Crippen molar-refractivity contribution in [1.82, 2.24) is 15.1 Å². The van der Waals surface area contributed by atoms with Gasteiger partial charge in [-0.15, -0.1) is 0 Å². The van der Waals surface area contributed by atoms with Crippen molar-refractivity contribution in [2.75, 3.05) is 13.1 Å². The van der Waals surface area contributed by atoms with Gasteiger partial charge in [-0.25, -0.2) is 4.79 Å². The summed E-state index contributed by atoms with van der Waals surface area (Å²) in [4.78, 5) is 64.2. The van der Waals surface area contributed by atoms with Gasteiger partial charge in [-0.3, -0.25) is 19.2 Å². The molecule has 0 saturated carbocycles. The summed E-state index contributed by atoms with van der Waals surface area (Å²) in [6, 6.07) is 2.10. The molecule has 0 radical (unpaired) electrons. The lowest BCUT2D eigenvalue weighted by Crippen LogP contribution is -2.56. The SMILES string of the molecule is NC(Cc1ccc(O)cc1)C(=O)N1CCCC1C(=O)N1CCCC1C(=O)NC(CC(=O)O)C(=O)O. The van der Waals surface area contributed by atoms with Crippen molar-refractivity contribution in [3.05, 3.63) is 29.8 Å². The van der Waals surface area contributed by atoms with Crippen molar-refractivity contribution >= 4 is 29.7 Å². The minimum Gasteiger partial charge on any atom is -0.508 e. The van der Waals surface area contributed by atoms with Gasteiger partial charge in [-0.2, -0.15) is 0 Å². The summed E-state index contributed by atoms with van der Waals surface area (Å²) >= 11 is 0. The monoisotopic (exact) mass is 490 g/mol. The molecule has 1 aromatic carbocycles. The molecule has 4 unspecified atom stereocenters. The number of aliphatic carboxylic acids is 2. The molecule has 2 aliphatic rings. The number of likely N-dealkylation sites (tertiary alicyclic amines) is 2. The van der Waals surface area contributed by atoms with E-state index in [4.69, 9.17) is 10.8 Å². The molecule has 2 fully saturated rings. The van der Waals surface area contributed by atoms with Gasteiger partial charge >= 0.3 is 11.9 Å². The van der Waals surface area contributed by atoms with E-state index in [2.05, 4.69) is 5.32 Å². The van der Waals surface area contributed by atoms with Crippen molar-refractivity contribution in [1.29, 1.82) is 0 Å². The number of nitrogens with zero attached hydrogens (tertiary/aromatic N) is 2. The maximum atomic E-state index is 13.4. The zero-order chi connectivity index (χ0) is 25.7. The zero-order valence-corrected chi connectivity index (χ0v) is 19.1. The van der Waals surface area contributed by atoms with Crippen LogP contribution < -0.4 is 11.1 Å². The molecule has 3 rings (SSSR count). The lowest BCUT2D eigenvalue weighted by Gasteiger charge is -2.32. The molecule has 35 heavy (non-hydrogen) atoms. The Bertz CT molecular complexity index is 982. The second-order valence-electron chi connectivity index (χ2n) is 8.85. The third kappa shape index (κ3) is 6.27. The molecule has 0 aliphatic carbocycles. The summed E-state index contributed by atoms with van der Waals surface area (Å²) in [6.45, 7) is 0.620. The Labute approximate surface area is 201 Å². The first kappa shape index (κ1) is 25.9. The van der Waals surface area contributed by atoms with E-state index >= 15 is 0 Å². The molecule has 2 aliphatic heterocycles. The van der Waals surface area contributed by atoms with E-state index in [9.17, 15) is 34.2 Å². The molecule has 6 N–H and O–H groups in total. The normalized spacial score (nSPS) is 21.4. The molecular weight excluding hydrogens is 460 g/mol. The summed E-state index contributed by atoms with van der Waals surface area (Å²) in [6.07, 6.45) is 1.27. The maximum absolute atomic E-state index is 13.4. The highest BCUT2D eigenvalue weighted by molar-refractivity contribution is 5.95. The Balaban J connectivity index is 1.66. The molecule has 12 heteroatoms. The van der Waals surface area contributed by atoms with Gasteiger partial charge in [0, 0.05) is 13.1 Å². The smallest absolute Gasteiger partial charge is 0.326 e. The fraction of sp³-hybridized carbons (Fsp3) is 0.522. The Morgan fingerprint density at radius 3 is 2.17 bits per heavy atom. The number of phenols is 1. The molecular formula is C23H30N4O8. The van der Waals surface area contributed by atoms with Crippen LogP contribution in [0.1, 0.15) is 37.7 Å². The number of carboxylic acid groups (broad SMARTS) is 2. The van der Waals surface area contributed by atoms with Crippen LogP contribution in [0, 0.1) is 0 Å². The van der Waals surface area contributed by atoms with Crippen LogP contribution in [-0.2, 0) is 30.4 Å². The summed E-state index contributed by atoms with van der Waals surface area (Å²) in [7, 11) is 0. The van der Waals surface area contributed by atoms with Crippen molar-refractivity contribution in [2.24, 2.45) is 5.73 Å². The Kier molecular flexibility index (Phi) is 8.28. The van der Waals surface area contributed by atoms with E-state index in [-0.39, 0.29) is 24.6 Å². The molecule has 2 heterocycles. The number of carbonyl (C=O) groups is 5. The number of carboxylic acids is 2. The van der Waals surface area contributed by atoms with Crippen molar-refractivity contribution in [2.45, 2.75) is 62.7 Å². The number of aromatic hydroxyl groups is 1. The Morgan fingerprint density at radius 1 is 0.971 bits per heavy atom. The lowest BCUT2D eigenvalue weighted by atomic mass is 10.0. The van der Waals surface area contributed by atoms with Crippen LogP contribution in [0.5, 0.6) is 5.75 Å². The molecule has 3 amide bonds. The molecule has 2 saturated heterocycles. The number of carbonyl (C=O) groups excluding carboxylic acids is 3. The highest BCUT2D eigenvalue weighted by Gasteiger charge is 2.43. The van der Waals surface area contributed by atoms with Crippen LogP contribution in [0.4, 0.5) is 0 Å². The minimum absolute atomic E-state index is 0.0979. The van der Waals surface area contributed by atoms with Gasteiger partial charge < -0.3 is 36.2 Å². The van der Waals surface area contributed by atoms with Crippen LogP contribution >= 0.6 is 0 Å². The average Bonchev–Trinajstić information content (AvgIpc) is 3.49. The van der Waals surface area contributed by atoms with E-state index in [0.717, 1.165) is 5.56 Å². The number of amides is 3. The number of hydrogen-bond acceptors (Lipinski definition) is 7. The molecule has 0 aromatic heterocycles. The third-order valence-electron chi connectivity index (χ3n) is 6.36. The maximum Gasteiger partial charge on any atom is 0.326 e. The van der Waals surface area contributed by atoms with E-state index < -0.39 is 54.3 Å². The number of phenolic OH excluding ortho intramolecular Hbond substituents is 1. The van der Waals surface area contributed by atoms with Crippen LogP contribution in [0.3, 0.4) is 0 Å². The summed E-state index contributed by atoms with van der Waals surface area (Å²) in [5.41, 5.74) is 6.90. The first-order chi connectivity index (χ1) is 16.6. The first-order valence-corrected chi connectivity index (χ1v) is 11.5. The van der Waals surface area contributed by atoms with Crippen LogP contribution in [0.15, 0.2) is 24.3 Å². The fourth-order valence-electron chi connectivity index (χ4n) is 4.61. The van der Waals surface area contributed by atoms with E-state index in [1.807, 2.05) is 0 Å². The van der Waals surface area contributed by atoms with Gasteiger partial charge in [0.05, 0.1) is 12.5 Å². The second-order valence-corrected chi connectivity index (χ2v) is 8.85. The van der Waals surface area contributed by atoms with Crippen LogP contribution in [0.25, 0.3) is 0 Å². The zero-order valence-electron chi connectivity index (χ0n) is 19.1. The predicted molar refractivity (Wildman–Crippen MR) is 121 cm³/mol. The van der Waals surface area contributed by atoms with Gasteiger partial charge in [-0.1, -0.05) is 12.1 Å². The number of hydrogen-bond donors (Lipinski definition) is 5. The molecule has 4 atom stereocenters. The van der Waals surface area contributed by atoms with Crippen LogP contribution in [-0.4, -0.2) is 92.0 Å². The topological polar surface area (TPSA) is 191 Å². The average molecular weight is 491 g/mol. The van der Waals surface area contributed by atoms with E-state index in [1.165, 1.54) is 21.9 Å². The van der Waals surface area contributed by atoms with Gasteiger partial charge in [-0.05, 0) is 49.8 Å². The Hall–Kier alpha value is -3.67. The summed E-state index contributed by atoms with van der Waals surface area (Å²) in [5, 5.41) is 29.7. The summed E-state index contributed by atoms with van der Waals surface area (Å²) < 4.78 is 0. The van der Waals surface area contributed by atoms with Crippen molar-refractivity contribution in [3.63, 3.8) is 0 Å².